The summed E-state index contributed by atoms with van der Waals surface area (Å²) >= 11 is 1.37. The molecule has 1 aromatic carbocycles. The average Bonchev–Trinajstić information content (AvgIpc) is 3.17. The summed E-state index contributed by atoms with van der Waals surface area (Å²) < 4.78 is 10.5. The fourth-order valence-corrected chi connectivity index (χ4v) is 8.78. The number of benzene rings is 1. The molecule has 1 aliphatic heterocycles. The predicted molar refractivity (Wildman–Crippen MR) is 140 cm³/mol. The molecule has 1 unspecified atom stereocenters. The van der Waals surface area contributed by atoms with Crippen molar-refractivity contribution in [1.82, 2.24) is 5.32 Å². The molecule has 1 aromatic heterocycles. The monoisotopic (exact) mass is 507 g/mol. The van der Waals surface area contributed by atoms with E-state index in [1.54, 1.807) is 7.11 Å². The van der Waals surface area contributed by atoms with Gasteiger partial charge in [-0.2, -0.15) is 0 Å². The van der Waals surface area contributed by atoms with Crippen LogP contribution in [0.5, 0.6) is 5.75 Å². The SMILES string of the molecule is COC(=O)C1=C(C)Nc2sc(C(=O)NC34CC5CC(CC(C5)C3)C4)c(N)c2C1c1ccc(OC)cc1. The van der Waals surface area contributed by atoms with Gasteiger partial charge in [0.2, 0.25) is 0 Å². The van der Waals surface area contributed by atoms with Crippen molar-refractivity contribution in [2.75, 3.05) is 25.3 Å². The number of hydrogen-bond donors (Lipinski definition) is 3. The third-order valence-electron chi connectivity index (χ3n) is 8.74. The van der Waals surface area contributed by atoms with Crippen LogP contribution in [0.1, 0.15) is 72.2 Å². The van der Waals surface area contributed by atoms with Crippen LogP contribution in [0.2, 0.25) is 0 Å². The maximum Gasteiger partial charge on any atom is 0.336 e. The van der Waals surface area contributed by atoms with Crippen molar-refractivity contribution in [3.63, 3.8) is 0 Å². The van der Waals surface area contributed by atoms with Crippen LogP contribution in [-0.2, 0) is 9.53 Å². The third kappa shape index (κ3) is 3.69. The van der Waals surface area contributed by atoms with Gasteiger partial charge >= 0.3 is 5.97 Å². The van der Waals surface area contributed by atoms with E-state index in [-0.39, 0.29) is 11.4 Å². The van der Waals surface area contributed by atoms with Crippen LogP contribution in [0.3, 0.4) is 0 Å². The molecule has 4 fully saturated rings. The molecule has 1 atom stereocenters. The summed E-state index contributed by atoms with van der Waals surface area (Å²) in [7, 11) is 3.00. The van der Waals surface area contributed by atoms with E-state index in [0.29, 0.717) is 21.8 Å². The number of amides is 1. The van der Waals surface area contributed by atoms with Gasteiger partial charge in [-0.1, -0.05) is 12.1 Å². The lowest BCUT2D eigenvalue weighted by Crippen LogP contribution is -2.59. The number of rotatable bonds is 5. The van der Waals surface area contributed by atoms with Gasteiger partial charge in [0.15, 0.2) is 0 Å². The molecule has 7 rings (SSSR count). The summed E-state index contributed by atoms with van der Waals surface area (Å²) in [5.74, 6) is 1.97. The number of allylic oxidation sites excluding steroid dienone is 1. The molecule has 36 heavy (non-hydrogen) atoms. The molecule has 8 heteroatoms. The highest BCUT2D eigenvalue weighted by atomic mass is 32.1. The molecule has 0 saturated heterocycles. The first-order valence-electron chi connectivity index (χ1n) is 12.8. The molecule has 4 saturated carbocycles. The maximum atomic E-state index is 13.7. The summed E-state index contributed by atoms with van der Waals surface area (Å²) in [5.41, 5.74) is 9.90. The minimum absolute atomic E-state index is 0.0959. The molecule has 7 nitrogen and oxygen atoms in total. The van der Waals surface area contributed by atoms with E-state index >= 15 is 0 Å². The first kappa shape index (κ1) is 23.4. The number of fused-ring (bicyclic) bond motifs is 1. The minimum Gasteiger partial charge on any atom is -0.497 e. The fourth-order valence-electron chi connectivity index (χ4n) is 7.68. The van der Waals surface area contributed by atoms with E-state index < -0.39 is 11.9 Å². The van der Waals surface area contributed by atoms with Crippen LogP contribution in [0.25, 0.3) is 0 Å². The van der Waals surface area contributed by atoms with E-state index in [4.69, 9.17) is 15.2 Å². The molecule has 4 N–H and O–H groups in total. The Hall–Kier alpha value is -3.00. The molecule has 0 radical (unpaired) electrons. The van der Waals surface area contributed by atoms with Crippen molar-refractivity contribution in [2.24, 2.45) is 17.8 Å². The zero-order chi connectivity index (χ0) is 25.2. The molecule has 190 valence electrons. The maximum absolute atomic E-state index is 13.7. The summed E-state index contributed by atoms with van der Waals surface area (Å²) in [6.07, 6.45) is 7.19. The number of hydrogen-bond acceptors (Lipinski definition) is 7. The number of ether oxygens (including phenoxy) is 2. The third-order valence-corrected chi connectivity index (χ3v) is 9.88. The van der Waals surface area contributed by atoms with Gasteiger partial charge in [0.1, 0.15) is 10.6 Å². The Labute approximate surface area is 215 Å². The first-order chi connectivity index (χ1) is 17.3. The fraction of sp³-hybridized carbons (Fsp3) is 0.500. The number of esters is 1. The molecule has 1 amide bonds. The molecule has 0 spiro atoms. The lowest BCUT2D eigenvalue weighted by atomic mass is 9.53. The Bertz CT molecular complexity index is 1230. The zero-order valence-electron chi connectivity index (χ0n) is 21.0. The van der Waals surface area contributed by atoms with Crippen molar-refractivity contribution in [2.45, 2.75) is 56.9 Å². The Balaban J connectivity index is 1.37. The second-order valence-electron chi connectivity index (χ2n) is 11.1. The van der Waals surface area contributed by atoms with Crippen molar-refractivity contribution in [1.29, 1.82) is 0 Å². The molecule has 2 aromatic rings. The number of nitrogens with one attached hydrogen (secondary N) is 2. The van der Waals surface area contributed by atoms with Gasteiger partial charge in [-0.05, 0) is 80.9 Å². The van der Waals surface area contributed by atoms with Gasteiger partial charge in [-0.25, -0.2) is 4.79 Å². The van der Waals surface area contributed by atoms with Gasteiger partial charge in [0.05, 0.1) is 30.5 Å². The van der Waals surface area contributed by atoms with E-state index in [1.807, 2.05) is 31.2 Å². The topological polar surface area (TPSA) is 103 Å². The second kappa shape index (κ2) is 8.54. The molecule has 4 bridgehead atoms. The van der Waals surface area contributed by atoms with Gasteiger partial charge < -0.3 is 25.8 Å². The Morgan fingerprint density at radius 3 is 2.22 bits per heavy atom. The summed E-state index contributed by atoms with van der Waals surface area (Å²) in [6.45, 7) is 1.86. The highest BCUT2D eigenvalue weighted by Gasteiger charge is 2.52. The zero-order valence-corrected chi connectivity index (χ0v) is 21.8. The van der Waals surface area contributed by atoms with Crippen molar-refractivity contribution in [3.05, 3.63) is 51.5 Å². The molecular weight excluding hydrogens is 474 g/mol. The average molecular weight is 508 g/mol. The van der Waals surface area contributed by atoms with Crippen LogP contribution < -0.4 is 21.1 Å². The highest BCUT2D eigenvalue weighted by Crippen LogP contribution is 2.56. The smallest absolute Gasteiger partial charge is 0.336 e. The van der Waals surface area contributed by atoms with Crippen molar-refractivity contribution >= 4 is 33.9 Å². The largest absolute Gasteiger partial charge is 0.497 e. The van der Waals surface area contributed by atoms with E-state index in [2.05, 4.69) is 10.6 Å². The van der Waals surface area contributed by atoms with Crippen molar-refractivity contribution in [3.8, 4) is 5.75 Å². The number of nitrogens with two attached hydrogens (primary N) is 1. The Morgan fingerprint density at radius 2 is 1.67 bits per heavy atom. The molecule has 4 aliphatic carbocycles. The summed E-state index contributed by atoms with van der Waals surface area (Å²) in [4.78, 5) is 27.1. The molecule has 5 aliphatic rings. The van der Waals surface area contributed by atoms with Crippen LogP contribution >= 0.6 is 11.3 Å². The standard InChI is InChI=1S/C28H33N3O4S/c1-14-20(27(33)35-3)21(18-4-6-19(34-2)7-5-18)22-23(29)24(36-26(22)30-14)25(32)31-28-11-15-8-16(12-28)10-17(9-15)13-28/h4-7,15-17,21,30H,8-13,29H2,1-3H3,(H,31,32). The van der Waals surface area contributed by atoms with Crippen LogP contribution in [-0.4, -0.2) is 31.6 Å². The van der Waals surface area contributed by atoms with Crippen LogP contribution in [0.4, 0.5) is 10.7 Å². The van der Waals surface area contributed by atoms with E-state index in [1.165, 1.54) is 37.7 Å². The van der Waals surface area contributed by atoms with Crippen LogP contribution in [0.15, 0.2) is 35.5 Å². The summed E-state index contributed by atoms with van der Waals surface area (Å²) in [6, 6.07) is 7.59. The number of carbonyl (C=O) groups is 2. The second-order valence-corrected chi connectivity index (χ2v) is 12.1. The Kier molecular flexibility index (Phi) is 5.55. The Morgan fingerprint density at radius 1 is 1.06 bits per heavy atom. The predicted octanol–water partition coefficient (Wildman–Crippen LogP) is 5.04. The van der Waals surface area contributed by atoms with E-state index in [0.717, 1.165) is 58.9 Å². The van der Waals surface area contributed by atoms with E-state index in [9.17, 15) is 9.59 Å². The lowest BCUT2D eigenvalue weighted by Gasteiger charge is -2.56. The summed E-state index contributed by atoms with van der Waals surface area (Å²) in [5, 5.41) is 7.59. The lowest BCUT2D eigenvalue weighted by molar-refractivity contribution is -0.136. The van der Waals surface area contributed by atoms with Gasteiger partial charge in [0, 0.05) is 22.7 Å². The number of thiophene rings is 1. The molecule has 2 heterocycles. The van der Waals surface area contributed by atoms with Gasteiger partial charge in [-0.15, -0.1) is 11.3 Å². The normalized spacial score (nSPS) is 30.0. The number of methoxy groups -OCH3 is 2. The molecular formula is C28H33N3O4S. The van der Waals surface area contributed by atoms with Gasteiger partial charge in [-0.3, -0.25) is 4.79 Å². The van der Waals surface area contributed by atoms with Crippen LogP contribution in [0, 0.1) is 17.8 Å². The minimum atomic E-state index is -0.447. The van der Waals surface area contributed by atoms with Crippen molar-refractivity contribution < 1.29 is 19.1 Å². The number of carbonyl (C=O) groups excluding carboxylic acids is 2. The number of anilines is 2. The number of nitrogen functional groups attached to an aromatic ring is 1. The van der Waals surface area contributed by atoms with Gasteiger partial charge in [0.25, 0.3) is 5.91 Å². The quantitative estimate of drug-likeness (QED) is 0.490. The first-order valence-corrected chi connectivity index (χ1v) is 13.6. The highest BCUT2D eigenvalue weighted by molar-refractivity contribution is 7.19.